The van der Waals surface area contributed by atoms with Gasteiger partial charge in [0.15, 0.2) is 0 Å². The minimum absolute atomic E-state index is 0.0462. The largest absolute Gasteiger partial charge is 0.344 e. The summed E-state index contributed by atoms with van der Waals surface area (Å²) in [6.45, 7) is 13.6. The van der Waals surface area contributed by atoms with E-state index in [9.17, 15) is 9.59 Å². The van der Waals surface area contributed by atoms with Crippen molar-refractivity contribution in [1.82, 2.24) is 9.80 Å². The minimum Gasteiger partial charge on any atom is -0.344 e. The molecule has 0 aromatic heterocycles. The number of ketones is 1. The summed E-state index contributed by atoms with van der Waals surface area (Å²) in [7, 11) is 3.86. The Balaban J connectivity index is 4.15. The molecule has 0 saturated heterocycles. The van der Waals surface area contributed by atoms with Gasteiger partial charge < -0.3 is 4.90 Å². The van der Waals surface area contributed by atoms with Gasteiger partial charge in [0.1, 0.15) is 5.78 Å². The molecule has 0 aliphatic carbocycles. The number of carbonyl (C=O) groups excluding carboxylic acids is 2. The fourth-order valence-corrected chi connectivity index (χ4v) is 1.55. The second kappa shape index (κ2) is 7.21. The third-order valence-corrected chi connectivity index (χ3v) is 3.74. The van der Waals surface area contributed by atoms with Crippen LogP contribution in [0.3, 0.4) is 0 Å². The molecule has 4 heteroatoms. The summed E-state index contributed by atoms with van der Waals surface area (Å²) in [5.74, 6) is 0.191. The van der Waals surface area contributed by atoms with Crippen LogP contribution in [0.1, 0.15) is 54.4 Å². The molecule has 0 spiro atoms. The maximum Gasteiger partial charge on any atom is 0.222 e. The van der Waals surface area contributed by atoms with E-state index in [0.29, 0.717) is 19.4 Å². The van der Waals surface area contributed by atoms with Crippen LogP contribution in [0, 0.1) is 5.41 Å². The molecule has 0 unspecified atom stereocenters. The van der Waals surface area contributed by atoms with Gasteiger partial charge in [0.2, 0.25) is 5.91 Å². The van der Waals surface area contributed by atoms with Gasteiger partial charge in [0, 0.05) is 43.9 Å². The van der Waals surface area contributed by atoms with E-state index in [-0.39, 0.29) is 22.6 Å². The zero-order valence-electron chi connectivity index (χ0n) is 14.5. The molecule has 0 aromatic rings. The lowest BCUT2D eigenvalue weighted by atomic mass is 9.88. The van der Waals surface area contributed by atoms with Crippen LogP contribution in [0.2, 0.25) is 0 Å². The Kier molecular flexibility index (Phi) is 6.88. The normalized spacial score (nSPS) is 12.7. The van der Waals surface area contributed by atoms with Crippen molar-refractivity contribution in [2.24, 2.45) is 5.41 Å². The van der Waals surface area contributed by atoms with Gasteiger partial charge in [-0.3, -0.25) is 14.5 Å². The average molecular weight is 284 g/mol. The van der Waals surface area contributed by atoms with Gasteiger partial charge in [-0.25, -0.2) is 0 Å². The smallest absolute Gasteiger partial charge is 0.222 e. The number of likely N-dealkylation sites (N-methyl/N-ethyl adjacent to an activating group) is 2. The van der Waals surface area contributed by atoms with E-state index in [1.54, 1.807) is 11.9 Å². The standard InChI is InChI=1S/C16H32N2O2/c1-15(2,3)13(19)9-10-14(20)17(7)11-12-18(8)16(4,5)6/h9-12H2,1-8H3. The van der Waals surface area contributed by atoms with Gasteiger partial charge in [-0.15, -0.1) is 0 Å². The summed E-state index contributed by atoms with van der Waals surface area (Å²) >= 11 is 0. The van der Waals surface area contributed by atoms with E-state index in [2.05, 4.69) is 32.7 Å². The van der Waals surface area contributed by atoms with Crippen LogP contribution in [-0.2, 0) is 9.59 Å². The van der Waals surface area contributed by atoms with Crippen LogP contribution in [0.15, 0.2) is 0 Å². The first-order chi connectivity index (χ1) is 8.85. The molecule has 1 amide bonds. The van der Waals surface area contributed by atoms with Crippen molar-refractivity contribution in [1.29, 1.82) is 0 Å². The van der Waals surface area contributed by atoms with Crippen molar-refractivity contribution in [3.63, 3.8) is 0 Å². The van der Waals surface area contributed by atoms with Crippen molar-refractivity contribution in [2.45, 2.75) is 59.9 Å². The lowest BCUT2D eigenvalue weighted by Gasteiger charge is -2.33. The second-order valence-electron chi connectivity index (χ2n) is 7.58. The van der Waals surface area contributed by atoms with Crippen LogP contribution in [0.5, 0.6) is 0 Å². The molecule has 20 heavy (non-hydrogen) atoms. The zero-order valence-corrected chi connectivity index (χ0v) is 14.5. The summed E-state index contributed by atoms with van der Waals surface area (Å²) in [4.78, 5) is 27.7. The number of rotatable bonds is 6. The topological polar surface area (TPSA) is 40.6 Å². The molecule has 118 valence electrons. The van der Waals surface area contributed by atoms with Gasteiger partial charge in [-0.2, -0.15) is 0 Å². The molecule has 0 saturated carbocycles. The van der Waals surface area contributed by atoms with Crippen LogP contribution in [0.25, 0.3) is 0 Å². The highest BCUT2D eigenvalue weighted by Gasteiger charge is 2.23. The highest BCUT2D eigenvalue weighted by molar-refractivity contribution is 5.88. The monoisotopic (exact) mass is 284 g/mol. The van der Waals surface area contributed by atoms with Gasteiger partial charge in [-0.1, -0.05) is 20.8 Å². The average Bonchev–Trinajstić information content (AvgIpc) is 2.29. The fourth-order valence-electron chi connectivity index (χ4n) is 1.55. The maximum atomic E-state index is 12.0. The Labute approximate surface area is 124 Å². The first-order valence-electron chi connectivity index (χ1n) is 7.34. The van der Waals surface area contributed by atoms with Crippen molar-refractivity contribution in [3.8, 4) is 0 Å². The molecule has 0 radical (unpaired) electrons. The zero-order chi connectivity index (χ0) is 16.1. The van der Waals surface area contributed by atoms with E-state index >= 15 is 0 Å². The molecule has 0 aromatic carbocycles. The molecular formula is C16H32N2O2. The Hall–Kier alpha value is -0.900. The summed E-state index contributed by atoms with van der Waals surface area (Å²) < 4.78 is 0. The molecule has 0 atom stereocenters. The minimum atomic E-state index is -0.356. The van der Waals surface area contributed by atoms with E-state index in [1.165, 1.54) is 0 Å². The van der Waals surface area contributed by atoms with Crippen LogP contribution < -0.4 is 0 Å². The summed E-state index contributed by atoms with van der Waals surface area (Å²) in [5, 5.41) is 0. The lowest BCUT2D eigenvalue weighted by Crippen LogP contribution is -2.43. The van der Waals surface area contributed by atoms with Crippen LogP contribution >= 0.6 is 0 Å². The molecule has 0 heterocycles. The second-order valence-corrected chi connectivity index (χ2v) is 7.58. The van der Waals surface area contributed by atoms with E-state index in [1.807, 2.05) is 20.8 Å². The van der Waals surface area contributed by atoms with Crippen molar-refractivity contribution in [2.75, 3.05) is 27.2 Å². The number of hydrogen-bond donors (Lipinski definition) is 0. The number of nitrogens with zero attached hydrogens (tertiary/aromatic N) is 2. The summed E-state index contributed by atoms with van der Waals surface area (Å²) in [6, 6.07) is 0. The fraction of sp³-hybridized carbons (Fsp3) is 0.875. The predicted molar refractivity (Wildman–Crippen MR) is 83.7 cm³/mol. The Bertz CT molecular complexity index is 337. The maximum absolute atomic E-state index is 12.0. The summed E-state index contributed by atoms with van der Waals surface area (Å²) in [6.07, 6.45) is 0.646. The Morgan fingerprint density at radius 3 is 1.75 bits per heavy atom. The molecule has 0 aliphatic heterocycles. The highest BCUT2D eigenvalue weighted by Crippen LogP contribution is 2.18. The number of carbonyl (C=O) groups is 2. The SMILES string of the molecule is CN(CCN(C)C(C)(C)C)C(=O)CCC(=O)C(C)(C)C. The van der Waals surface area contributed by atoms with Gasteiger partial charge in [-0.05, 0) is 27.8 Å². The number of hydrogen-bond acceptors (Lipinski definition) is 3. The third-order valence-electron chi connectivity index (χ3n) is 3.74. The van der Waals surface area contributed by atoms with Crippen molar-refractivity contribution < 1.29 is 9.59 Å². The molecule has 0 aliphatic rings. The van der Waals surface area contributed by atoms with E-state index < -0.39 is 0 Å². The molecule has 0 N–H and O–H groups in total. The first-order valence-corrected chi connectivity index (χ1v) is 7.34. The van der Waals surface area contributed by atoms with Gasteiger partial charge in [0.05, 0.1) is 0 Å². The predicted octanol–water partition coefficient (Wildman–Crippen LogP) is 2.57. The van der Waals surface area contributed by atoms with E-state index in [4.69, 9.17) is 0 Å². The van der Waals surface area contributed by atoms with Gasteiger partial charge in [0.25, 0.3) is 0 Å². The van der Waals surface area contributed by atoms with Crippen molar-refractivity contribution >= 4 is 11.7 Å². The molecule has 0 bridgehead atoms. The molecule has 0 rings (SSSR count). The number of amides is 1. The lowest BCUT2D eigenvalue weighted by molar-refractivity contribution is -0.134. The molecule has 0 fully saturated rings. The first kappa shape index (κ1) is 19.1. The van der Waals surface area contributed by atoms with Crippen LogP contribution in [0.4, 0.5) is 0 Å². The van der Waals surface area contributed by atoms with Gasteiger partial charge >= 0.3 is 0 Å². The molecule has 4 nitrogen and oxygen atoms in total. The molecular weight excluding hydrogens is 252 g/mol. The quantitative estimate of drug-likeness (QED) is 0.752. The summed E-state index contributed by atoms with van der Waals surface area (Å²) in [5.41, 5.74) is -0.253. The van der Waals surface area contributed by atoms with E-state index in [0.717, 1.165) is 6.54 Å². The number of Topliss-reactive ketones (excluding diaryl/α,β-unsaturated/α-hetero) is 1. The van der Waals surface area contributed by atoms with Crippen LogP contribution in [-0.4, -0.2) is 54.2 Å². The highest BCUT2D eigenvalue weighted by atomic mass is 16.2. The Morgan fingerprint density at radius 1 is 0.850 bits per heavy atom. The Morgan fingerprint density at radius 2 is 1.35 bits per heavy atom. The third kappa shape index (κ3) is 7.04. The van der Waals surface area contributed by atoms with Crippen molar-refractivity contribution in [3.05, 3.63) is 0 Å².